The zero-order valence-electron chi connectivity index (χ0n) is 13.3. The van der Waals surface area contributed by atoms with Crippen molar-refractivity contribution in [2.45, 2.75) is 25.9 Å². The molecule has 1 saturated heterocycles. The SMILES string of the molecule is Nc1ccc(Cn2c(CN3CCCC3)nc3ccccc32)cc1. The molecule has 3 aromatic rings. The number of aromatic nitrogens is 2. The number of imidazole rings is 1. The maximum Gasteiger partial charge on any atom is 0.124 e. The molecule has 1 aromatic heterocycles. The molecule has 0 unspecified atom stereocenters. The lowest BCUT2D eigenvalue weighted by atomic mass is 10.2. The van der Waals surface area contributed by atoms with Gasteiger partial charge < -0.3 is 10.3 Å². The summed E-state index contributed by atoms with van der Waals surface area (Å²) in [6, 6.07) is 16.5. The van der Waals surface area contributed by atoms with Crippen LogP contribution in [-0.4, -0.2) is 27.5 Å². The highest BCUT2D eigenvalue weighted by Crippen LogP contribution is 2.21. The molecule has 0 amide bonds. The van der Waals surface area contributed by atoms with Gasteiger partial charge in [0.15, 0.2) is 0 Å². The van der Waals surface area contributed by atoms with Crippen LogP contribution in [0.3, 0.4) is 0 Å². The van der Waals surface area contributed by atoms with E-state index in [1.807, 2.05) is 12.1 Å². The summed E-state index contributed by atoms with van der Waals surface area (Å²) in [7, 11) is 0. The summed E-state index contributed by atoms with van der Waals surface area (Å²) in [5, 5.41) is 0. The quantitative estimate of drug-likeness (QED) is 0.753. The fourth-order valence-corrected chi connectivity index (χ4v) is 3.37. The van der Waals surface area contributed by atoms with Crippen LogP contribution >= 0.6 is 0 Å². The summed E-state index contributed by atoms with van der Waals surface area (Å²) in [6.45, 7) is 4.14. The Hall–Kier alpha value is -2.33. The van der Waals surface area contributed by atoms with E-state index in [0.717, 1.165) is 30.1 Å². The van der Waals surface area contributed by atoms with E-state index in [0.29, 0.717) is 0 Å². The van der Waals surface area contributed by atoms with Crippen molar-refractivity contribution < 1.29 is 0 Å². The number of likely N-dealkylation sites (tertiary alicyclic amines) is 1. The first-order valence-electron chi connectivity index (χ1n) is 8.30. The van der Waals surface area contributed by atoms with E-state index in [1.165, 1.54) is 37.0 Å². The molecular formula is C19H22N4. The molecule has 1 fully saturated rings. The maximum absolute atomic E-state index is 5.80. The smallest absolute Gasteiger partial charge is 0.124 e. The Morgan fingerprint density at radius 1 is 0.913 bits per heavy atom. The van der Waals surface area contributed by atoms with E-state index in [4.69, 9.17) is 10.7 Å². The molecule has 4 nitrogen and oxygen atoms in total. The molecule has 4 heteroatoms. The van der Waals surface area contributed by atoms with Gasteiger partial charge >= 0.3 is 0 Å². The fourth-order valence-electron chi connectivity index (χ4n) is 3.37. The van der Waals surface area contributed by atoms with Crippen molar-refractivity contribution >= 4 is 16.7 Å². The lowest BCUT2D eigenvalue weighted by Gasteiger charge is -2.16. The third-order valence-corrected chi connectivity index (χ3v) is 4.62. The van der Waals surface area contributed by atoms with Gasteiger partial charge in [-0.1, -0.05) is 24.3 Å². The second-order valence-electron chi connectivity index (χ2n) is 6.33. The summed E-state index contributed by atoms with van der Waals surface area (Å²) in [5.41, 5.74) is 10.2. The topological polar surface area (TPSA) is 47.1 Å². The first kappa shape index (κ1) is 14.3. The van der Waals surface area contributed by atoms with Crippen LogP contribution < -0.4 is 5.73 Å². The first-order valence-corrected chi connectivity index (χ1v) is 8.30. The normalized spacial score (nSPS) is 15.5. The third kappa shape index (κ3) is 2.94. The zero-order valence-corrected chi connectivity index (χ0v) is 13.3. The van der Waals surface area contributed by atoms with Crippen LogP contribution in [-0.2, 0) is 13.1 Å². The Morgan fingerprint density at radius 3 is 2.43 bits per heavy atom. The van der Waals surface area contributed by atoms with E-state index >= 15 is 0 Å². The number of benzene rings is 2. The zero-order chi connectivity index (χ0) is 15.6. The minimum Gasteiger partial charge on any atom is -0.399 e. The van der Waals surface area contributed by atoms with E-state index in [9.17, 15) is 0 Å². The van der Waals surface area contributed by atoms with E-state index in [-0.39, 0.29) is 0 Å². The van der Waals surface area contributed by atoms with Crippen LogP contribution in [0.2, 0.25) is 0 Å². The molecule has 23 heavy (non-hydrogen) atoms. The summed E-state index contributed by atoms with van der Waals surface area (Å²) >= 11 is 0. The van der Waals surface area contributed by atoms with Crippen LogP contribution in [0.4, 0.5) is 5.69 Å². The van der Waals surface area contributed by atoms with Gasteiger partial charge in [0.1, 0.15) is 5.82 Å². The van der Waals surface area contributed by atoms with E-state index in [2.05, 4.69) is 45.9 Å². The monoisotopic (exact) mass is 306 g/mol. The lowest BCUT2D eigenvalue weighted by Crippen LogP contribution is -2.21. The fraction of sp³-hybridized carbons (Fsp3) is 0.316. The van der Waals surface area contributed by atoms with Crippen molar-refractivity contribution in [3.05, 3.63) is 59.9 Å². The number of para-hydroxylation sites is 2. The minimum atomic E-state index is 0.807. The highest BCUT2D eigenvalue weighted by atomic mass is 15.2. The number of hydrogen-bond donors (Lipinski definition) is 1. The van der Waals surface area contributed by atoms with E-state index < -0.39 is 0 Å². The maximum atomic E-state index is 5.80. The molecule has 2 aromatic carbocycles. The van der Waals surface area contributed by atoms with Crippen molar-refractivity contribution in [2.75, 3.05) is 18.8 Å². The summed E-state index contributed by atoms with van der Waals surface area (Å²) in [5.74, 6) is 1.16. The van der Waals surface area contributed by atoms with Crippen LogP contribution in [0.1, 0.15) is 24.2 Å². The van der Waals surface area contributed by atoms with Crippen molar-refractivity contribution in [2.24, 2.45) is 0 Å². The molecule has 4 rings (SSSR count). The highest BCUT2D eigenvalue weighted by molar-refractivity contribution is 5.76. The molecule has 0 radical (unpaired) electrons. The number of rotatable bonds is 4. The molecule has 0 saturated carbocycles. The average molecular weight is 306 g/mol. The molecule has 1 aliphatic heterocycles. The van der Waals surface area contributed by atoms with Gasteiger partial charge in [-0.15, -0.1) is 0 Å². The Kier molecular flexibility index (Phi) is 3.75. The van der Waals surface area contributed by atoms with Gasteiger partial charge in [-0.25, -0.2) is 4.98 Å². The average Bonchev–Trinajstić information content (AvgIpc) is 3.19. The van der Waals surface area contributed by atoms with Gasteiger partial charge in [-0.3, -0.25) is 4.90 Å². The van der Waals surface area contributed by atoms with Gasteiger partial charge in [0.2, 0.25) is 0 Å². The summed E-state index contributed by atoms with van der Waals surface area (Å²) < 4.78 is 2.35. The van der Waals surface area contributed by atoms with Crippen LogP contribution in [0.15, 0.2) is 48.5 Å². The molecule has 0 aliphatic carbocycles. The summed E-state index contributed by atoms with van der Waals surface area (Å²) in [6.07, 6.45) is 2.61. The molecular weight excluding hydrogens is 284 g/mol. The Labute approximate surface area is 136 Å². The molecule has 0 bridgehead atoms. The second kappa shape index (κ2) is 6.05. The summed E-state index contributed by atoms with van der Waals surface area (Å²) in [4.78, 5) is 7.39. The molecule has 2 N–H and O–H groups in total. The van der Waals surface area contributed by atoms with Crippen molar-refractivity contribution in [1.29, 1.82) is 0 Å². The standard InChI is InChI=1S/C19H22N4/c20-16-9-7-15(8-10-16)13-23-18-6-2-1-5-17(18)21-19(23)14-22-11-3-4-12-22/h1-2,5-10H,3-4,11-14,20H2. The van der Waals surface area contributed by atoms with Crippen molar-refractivity contribution in [1.82, 2.24) is 14.5 Å². The van der Waals surface area contributed by atoms with E-state index in [1.54, 1.807) is 0 Å². The lowest BCUT2D eigenvalue weighted by molar-refractivity contribution is 0.318. The molecule has 2 heterocycles. The van der Waals surface area contributed by atoms with Crippen LogP contribution in [0, 0.1) is 0 Å². The largest absolute Gasteiger partial charge is 0.399 e. The second-order valence-corrected chi connectivity index (χ2v) is 6.33. The Balaban J connectivity index is 1.71. The highest BCUT2D eigenvalue weighted by Gasteiger charge is 2.17. The van der Waals surface area contributed by atoms with Crippen LogP contribution in [0.5, 0.6) is 0 Å². The number of nitrogen functional groups attached to an aromatic ring is 1. The van der Waals surface area contributed by atoms with Crippen molar-refractivity contribution in [3.8, 4) is 0 Å². The van der Waals surface area contributed by atoms with Gasteiger partial charge in [0.25, 0.3) is 0 Å². The minimum absolute atomic E-state index is 0.807. The van der Waals surface area contributed by atoms with Crippen molar-refractivity contribution in [3.63, 3.8) is 0 Å². The number of hydrogen-bond acceptors (Lipinski definition) is 3. The molecule has 118 valence electrons. The molecule has 1 aliphatic rings. The van der Waals surface area contributed by atoms with Gasteiger partial charge in [-0.05, 0) is 55.8 Å². The van der Waals surface area contributed by atoms with Gasteiger partial charge in [0, 0.05) is 12.2 Å². The molecule has 0 spiro atoms. The first-order chi connectivity index (χ1) is 11.3. The molecule has 0 atom stereocenters. The number of nitrogens with zero attached hydrogens (tertiary/aromatic N) is 3. The number of nitrogens with two attached hydrogens (primary N) is 1. The third-order valence-electron chi connectivity index (χ3n) is 4.62. The Morgan fingerprint density at radius 2 is 1.65 bits per heavy atom. The van der Waals surface area contributed by atoms with Gasteiger partial charge in [-0.2, -0.15) is 0 Å². The van der Waals surface area contributed by atoms with Crippen LogP contribution in [0.25, 0.3) is 11.0 Å². The Bertz CT molecular complexity index is 798. The predicted octanol–water partition coefficient (Wildman–Crippen LogP) is 3.26. The van der Waals surface area contributed by atoms with Gasteiger partial charge in [0.05, 0.1) is 17.6 Å². The predicted molar refractivity (Wildman–Crippen MR) is 94.2 cm³/mol. The number of anilines is 1. The number of fused-ring (bicyclic) bond motifs is 1.